The Morgan fingerprint density at radius 3 is 2.53 bits per heavy atom. The molecule has 0 fully saturated rings. The number of nitrogens with zero attached hydrogens (tertiary/aromatic N) is 3. The highest BCUT2D eigenvalue weighted by Crippen LogP contribution is 2.21. The van der Waals surface area contributed by atoms with E-state index in [9.17, 15) is 4.39 Å². The first-order valence-corrected chi connectivity index (χ1v) is 5.07. The molecule has 0 aliphatic carbocycles. The maximum atomic E-state index is 12.8. The molecular weight excluding hydrogens is 217 g/mol. The predicted molar refractivity (Wildman–Crippen MR) is 63.4 cm³/mol. The molecule has 0 saturated heterocycles. The lowest BCUT2D eigenvalue weighted by atomic mass is 10.3. The summed E-state index contributed by atoms with van der Waals surface area (Å²) in [6, 6.07) is 13.3. The molecule has 0 aliphatic heterocycles. The van der Waals surface area contributed by atoms with Gasteiger partial charge in [0.2, 0.25) is 0 Å². The van der Waals surface area contributed by atoms with Gasteiger partial charge in [-0.3, -0.25) is 0 Å². The molecule has 84 valence electrons. The molecule has 0 aliphatic rings. The maximum Gasteiger partial charge on any atom is 0.142 e. The Labute approximate surface area is 98.8 Å². The number of hydrogen-bond acceptors (Lipinski definition) is 3. The molecule has 1 aromatic carbocycles. The number of rotatable bonds is 2. The summed E-state index contributed by atoms with van der Waals surface area (Å²) < 4.78 is 12.8. The highest BCUT2D eigenvalue weighted by Gasteiger charge is 2.05. The van der Waals surface area contributed by atoms with Crippen LogP contribution in [0.2, 0.25) is 0 Å². The molecule has 0 unspecified atom stereocenters. The summed E-state index contributed by atoms with van der Waals surface area (Å²) in [5, 5.41) is 8.77. The minimum atomic E-state index is -0.277. The van der Waals surface area contributed by atoms with Crippen molar-refractivity contribution in [3.63, 3.8) is 0 Å². The Kier molecular flexibility index (Phi) is 3.01. The van der Waals surface area contributed by atoms with Crippen LogP contribution in [0.25, 0.3) is 0 Å². The van der Waals surface area contributed by atoms with Crippen LogP contribution in [-0.4, -0.2) is 12.0 Å². The Hall–Kier alpha value is -2.41. The van der Waals surface area contributed by atoms with Crippen LogP contribution in [-0.2, 0) is 0 Å². The maximum absolute atomic E-state index is 12.8. The topological polar surface area (TPSA) is 39.9 Å². The van der Waals surface area contributed by atoms with Gasteiger partial charge in [-0.1, -0.05) is 6.07 Å². The van der Waals surface area contributed by atoms with Gasteiger partial charge in [-0.25, -0.2) is 9.37 Å². The second kappa shape index (κ2) is 4.62. The van der Waals surface area contributed by atoms with E-state index in [-0.39, 0.29) is 5.82 Å². The number of benzene rings is 1. The molecule has 2 rings (SSSR count). The molecular formula is C13H10FN3. The predicted octanol–water partition coefficient (Wildman–Crippen LogP) is 2.86. The van der Waals surface area contributed by atoms with Crippen molar-refractivity contribution in [1.82, 2.24) is 4.98 Å². The average Bonchev–Trinajstić information content (AvgIpc) is 2.39. The zero-order chi connectivity index (χ0) is 12.3. The number of pyridine rings is 1. The Morgan fingerprint density at radius 2 is 1.88 bits per heavy atom. The number of anilines is 2. The van der Waals surface area contributed by atoms with E-state index in [1.807, 2.05) is 13.1 Å². The van der Waals surface area contributed by atoms with Crippen LogP contribution < -0.4 is 4.90 Å². The molecule has 4 heteroatoms. The van der Waals surface area contributed by atoms with Gasteiger partial charge < -0.3 is 4.90 Å². The molecule has 0 radical (unpaired) electrons. The lowest BCUT2D eigenvalue weighted by Gasteiger charge is -2.18. The van der Waals surface area contributed by atoms with Gasteiger partial charge in [0.05, 0.1) is 0 Å². The molecule has 0 bridgehead atoms. The zero-order valence-corrected chi connectivity index (χ0v) is 9.26. The van der Waals surface area contributed by atoms with Gasteiger partial charge in [-0.2, -0.15) is 5.26 Å². The molecule has 1 heterocycles. The van der Waals surface area contributed by atoms with E-state index in [0.717, 1.165) is 5.69 Å². The van der Waals surface area contributed by atoms with Crippen LogP contribution >= 0.6 is 0 Å². The third-order valence-corrected chi connectivity index (χ3v) is 2.41. The third-order valence-electron chi connectivity index (χ3n) is 2.41. The average molecular weight is 227 g/mol. The first kappa shape index (κ1) is 11.1. The van der Waals surface area contributed by atoms with Crippen LogP contribution in [0, 0.1) is 17.1 Å². The third kappa shape index (κ3) is 2.40. The Morgan fingerprint density at radius 1 is 1.18 bits per heavy atom. The van der Waals surface area contributed by atoms with Crippen LogP contribution in [0.4, 0.5) is 15.9 Å². The van der Waals surface area contributed by atoms with E-state index >= 15 is 0 Å². The lowest BCUT2D eigenvalue weighted by Crippen LogP contribution is -2.11. The molecule has 0 amide bonds. The summed E-state index contributed by atoms with van der Waals surface area (Å²) in [6.45, 7) is 0. The summed E-state index contributed by atoms with van der Waals surface area (Å²) in [5.74, 6) is 0.372. The Balaban J connectivity index is 2.33. The van der Waals surface area contributed by atoms with Gasteiger partial charge in [0.15, 0.2) is 0 Å². The van der Waals surface area contributed by atoms with Gasteiger partial charge >= 0.3 is 0 Å². The smallest absolute Gasteiger partial charge is 0.142 e. The van der Waals surface area contributed by atoms with Crippen molar-refractivity contribution >= 4 is 11.5 Å². The van der Waals surface area contributed by atoms with Crippen LogP contribution in [0.1, 0.15) is 5.69 Å². The fourth-order valence-corrected chi connectivity index (χ4v) is 1.47. The van der Waals surface area contributed by atoms with Crippen molar-refractivity contribution in [2.75, 3.05) is 11.9 Å². The van der Waals surface area contributed by atoms with Crippen molar-refractivity contribution < 1.29 is 4.39 Å². The molecule has 0 N–H and O–H groups in total. The second-order valence-corrected chi connectivity index (χ2v) is 3.53. The van der Waals surface area contributed by atoms with E-state index in [0.29, 0.717) is 11.5 Å². The van der Waals surface area contributed by atoms with Gasteiger partial charge in [-0.15, -0.1) is 0 Å². The van der Waals surface area contributed by atoms with Crippen LogP contribution in [0.5, 0.6) is 0 Å². The first-order valence-electron chi connectivity index (χ1n) is 5.07. The van der Waals surface area contributed by atoms with Crippen molar-refractivity contribution in [2.45, 2.75) is 0 Å². The second-order valence-electron chi connectivity index (χ2n) is 3.53. The van der Waals surface area contributed by atoms with E-state index in [1.54, 1.807) is 35.2 Å². The summed E-state index contributed by atoms with van der Waals surface area (Å²) in [7, 11) is 1.82. The van der Waals surface area contributed by atoms with E-state index in [2.05, 4.69) is 4.98 Å². The minimum Gasteiger partial charge on any atom is -0.329 e. The van der Waals surface area contributed by atoms with E-state index < -0.39 is 0 Å². The molecule has 17 heavy (non-hydrogen) atoms. The number of aromatic nitrogens is 1. The quantitative estimate of drug-likeness (QED) is 0.792. The van der Waals surface area contributed by atoms with Gasteiger partial charge in [0, 0.05) is 12.7 Å². The largest absolute Gasteiger partial charge is 0.329 e. The summed E-state index contributed by atoms with van der Waals surface area (Å²) in [6.07, 6.45) is 0. The minimum absolute atomic E-state index is 0.277. The summed E-state index contributed by atoms with van der Waals surface area (Å²) in [4.78, 5) is 5.95. The van der Waals surface area contributed by atoms with E-state index in [1.165, 1.54) is 12.1 Å². The highest BCUT2D eigenvalue weighted by atomic mass is 19.1. The summed E-state index contributed by atoms with van der Waals surface area (Å²) in [5.41, 5.74) is 1.17. The number of halogens is 1. The Bertz CT molecular complexity index is 558. The molecule has 0 atom stereocenters. The number of hydrogen-bond donors (Lipinski definition) is 0. The summed E-state index contributed by atoms with van der Waals surface area (Å²) >= 11 is 0. The monoisotopic (exact) mass is 227 g/mol. The first-order chi connectivity index (χ1) is 8.20. The fourth-order valence-electron chi connectivity index (χ4n) is 1.47. The molecule has 2 aromatic rings. The standard InChI is InChI=1S/C13H10FN3/c1-17(12-7-5-10(14)6-8-12)13-4-2-3-11(9-15)16-13/h2-8H,1H3. The van der Waals surface area contributed by atoms with Crippen molar-refractivity contribution in [1.29, 1.82) is 5.26 Å². The van der Waals surface area contributed by atoms with Crippen LogP contribution in [0.3, 0.4) is 0 Å². The van der Waals surface area contributed by atoms with Crippen molar-refractivity contribution in [2.24, 2.45) is 0 Å². The molecule has 1 aromatic heterocycles. The lowest BCUT2D eigenvalue weighted by molar-refractivity contribution is 0.628. The van der Waals surface area contributed by atoms with Gasteiger partial charge in [0.1, 0.15) is 23.4 Å². The van der Waals surface area contributed by atoms with Crippen molar-refractivity contribution in [3.8, 4) is 6.07 Å². The fraction of sp³-hybridized carbons (Fsp3) is 0.0769. The van der Waals surface area contributed by atoms with Crippen molar-refractivity contribution in [3.05, 3.63) is 54.0 Å². The molecule has 3 nitrogen and oxygen atoms in total. The molecule has 0 saturated carbocycles. The van der Waals surface area contributed by atoms with Gasteiger partial charge in [-0.05, 0) is 36.4 Å². The molecule has 0 spiro atoms. The normalized spacial score (nSPS) is 9.71. The zero-order valence-electron chi connectivity index (χ0n) is 9.26. The van der Waals surface area contributed by atoms with Gasteiger partial charge in [0.25, 0.3) is 0 Å². The SMILES string of the molecule is CN(c1ccc(F)cc1)c1cccc(C#N)n1. The number of nitriles is 1. The highest BCUT2D eigenvalue weighted by molar-refractivity contribution is 5.59. The van der Waals surface area contributed by atoms with E-state index in [4.69, 9.17) is 5.26 Å². The van der Waals surface area contributed by atoms with Crippen LogP contribution in [0.15, 0.2) is 42.5 Å².